The predicted octanol–water partition coefficient (Wildman–Crippen LogP) is 3.77. The summed E-state index contributed by atoms with van der Waals surface area (Å²) in [7, 11) is 1.48. The minimum Gasteiger partial charge on any atom is -0.508 e. The highest BCUT2D eigenvalue weighted by Crippen LogP contribution is 2.32. The van der Waals surface area contributed by atoms with E-state index in [1.54, 1.807) is 12.1 Å². The van der Waals surface area contributed by atoms with E-state index in [4.69, 9.17) is 10.5 Å². The van der Waals surface area contributed by atoms with Gasteiger partial charge in [0.25, 0.3) is 0 Å². The largest absolute Gasteiger partial charge is 0.573 e. The Bertz CT molecular complexity index is 647. The Labute approximate surface area is 137 Å². The molecule has 0 radical (unpaired) electrons. The van der Waals surface area contributed by atoms with Gasteiger partial charge in [0.15, 0.2) is 0 Å². The average Bonchev–Trinajstić information content (AvgIpc) is 2.46. The van der Waals surface area contributed by atoms with Gasteiger partial charge >= 0.3 is 6.36 Å². The molecule has 0 bridgehead atoms. The van der Waals surface area contributed by atoms with E-state index in [1.165, 1.54) is 37.4 Å². The van der Waals surface area contributed by atoms with Crippen molar-refractivity contribution in [2.75, 3.05) is 7.11 Å². The molecule has 0 spiro atoms. The number of hydrogen-bond donors (Lipinski definition) is 2. The van der Waals surface area contributed by atoms with Crippen LogP contribution in [-0.4, -0.2) is 18.6 Å². The van der Waals surface area contributed by atoms with Gasteiger partial charge in [0.2, 0.25) is 0 Å². The second-order valence-electron chi connectivity index (χ2n) is 4.52. The van der Waals surface area contributed by atoms with Crippen LogP contribution in [0.4, 0.5) is 13.2 Å². The van der Waals surface area contributed by atoms with E-state index in [2.05, 4.69) is 4.74 Å². The van der Waals surface area contributed by atoms with Crippen molar-refractivity contribution in [1.82, 2.24) is 0 Å². The number of benzene rings is 2. The zero-order chi connectivity index (χ0) is 16.3. The highest BCUT2D eigenvalue weighted by Gasteiger charge is 2.31. The lowest BCUT2D eigenvalue weighted by Gasteiger charge is -2.16. The number of alkyl halides is 3. The lowest BCUT2D eigenvalue weighted by Crippen LogP contribution is -2.17. The summed E-state index contributed by atoms with van der Waals surface area (Å²) in [6, 6.07) is 9.02. The van der Waals surface area contributed by atoms with Gasteiger partial charge in [-0.25, -0.2) is 0 Å². The summed E-state index contributed by atoms with van der Waals surface area (Å²) in [5, 5.41) is 9.86. The molecule has 2 aromatic carbocycles. The van der Waals surface area contributed by atoms with Gasteiger partial charge in [0.1, 0.15) is 17.2 Å². The monoisotopic (exact) mass is 349 g/mol. The van der Waals surface area contributed by atoms with Gasteiger partial charge in [-0.2, -0.15) is 0 Å². The Hall–Kier alpha value is -2.12. The fourth-order valence-electron chi connectivity index (χ4n) is 1.97. The molecule has 0 aromatic heterocycles. The summed E-state index contributed by atoms with van der Waals surface area (Å²) >= 11 is 0. The highest BCUT2D eigenvalue weighted by atomic mass is 35.5. The molecule has 2 rings (SSSR count). The summed E-state index contributed by atoms with van der Waals surface area (Å²) in [5.74, 6) is 0.155. The lowest BCUT2D eigenvalue weighted by atomic mass is 9.98. The van der Waals surface area contributed by atoms with E-state index in [9.17, 15) is 18.3 Å². The Kier molecular flexibility index (Phi) is 6.12. The van der Waals surface area contributed by atoms with Crippen LogP contribution in [0.1, 0.15) is 17.2 Å². The van der Waals surface area contributed by atoms with Crippen molar-refractivity contribution >= 4 is 12.4 Å². The smallest absolute Gasteiger partial charge is 0.508 e. The summed E-state index contributed by atoms with van der Waals surface area (Å²) < 4.78 is 45.2. The van der Waals surface area contributed by atoms with Crippen molar-refractivity contribution in [2.24, 2.45) is 5.73 Å². The molecule has 3 N–H and O–H groups in total. The normalized spacial score (nSPS) is 12.2. The van der Waals surface area contributed by atoms with Gasteiger partial charge in [-0.3, -0.25) is 0 Å². The minimum absolute atomic E-state index is 0. The molecule has 0 aliphatic carbocycles. The maximum absolute atomic E-state index is 12.1. The average molecular weight is 350 g/mol. The summed E-state index contributed by atoms with van der Waals surface area (Å²) in [5.41, 5.74) is 6.97. The van der Waals surface area contributed by atoms with E-state index < -0.39 is 12.4 Å². The van der Waals surface area contributed by atoms with Crippen molar-refractivity contribution in [3.05, 3.63) is 53.6 Å². The Morgan fingerprint density at radius 1 is 1.04 bits per heavy atom. The van der Waals surface area contributed by atoms with Gasteiger partial charge in [0, 0.05) is 5.56 Å². The molecular formula is C15H15ClF3NO3. The van der Waals surface area contributed by atoms with Crippen molar-refractivity contribution in [3.8, 4) is 17.2 Å². The van der Waals surface area contributed by atoms with Crippen LogP contribution in [0.15, 0.2) is 42.5 Å². The topological polar surface area (TPSA) is 64.7 Å². The van der Waals surface area contributed by atoms with Crippen molar-refractivity contribution < 1.29 is 27.8 Å². The van der Waals surface area contributed by atoms with Crippen LogP contribution in [0.5, 0.6) is 17.2 Å². The maximum Gasteiger partial charge on any atom is 0.573 e. The first kappa shape index (κ1) is 18.9. The molecule has 4 nitrogen and oxygen atoms in total. The van der Waals surface area contributed by atoms with Crippen LogP contribution in [0.2, 0.25) is 0 Å². The Balaban J connectivity index is 0.00000264. The van der Waals surface area contributed by atoms with E-state index in [-0.39, 0.29) is 23.9 Å². The molecule has 1 atom stereocenters. The maximum atomic E-state index is 12.1. The SMILES string of the molecule is COc1ccc(O)c([C@H](N)c2ccc(OC(F)(F)F)cc2)c1.Cl. The summed E-state index contributed by atoms with van der Waals surface area (Å²) in [6.45, 7) is 0. The van der Waals surface area contributed by atoms with Crippen molar-refractivity contribution in [1.29, 1.82) is 0 Å². The number of nitrogens with two attached hydrogens (primary N) is 1. The van der Waals surface area contributed by atoms with Crippen molar-refractivity contribution in [2.45, 2.75) is 12.4 Å². The van der Waals surface area contributed by atoms with Crippen LogP contribution in [0.3, 0.4) is 0 Å². The third-order valence-corrected chi connectivity index (χ3v) is 3.04. The third-order valence-electron chi connectivity index (χ3n) is 3.04. The predicted molar refractivity (Wildman–Crippen MR) is 81.1 cm³/mol. The van der Waals surface area contributed by atoms with Crippen molar-refractivity contribution in [3.63, 3.8) is 0 Å². The number of rotatable bonds is 4. The molecule has 0 amide bonds. The molecule has 0 saturated carbocycles. The zero-order valence-corrected chi connectivity index (χ0v) is 12.8. The molecule has 0 saturated heterocycles. The molecular weight excluding hydrogens is 335 g/mol. The summed E-state index contributed by atoms with van der Waals surface area (Å²) in [4.78, 5) is 0. The van der Waals surface area contributed by atoms with Crippen LogP contribution in [0, 0.1) is 0 Å². The molecule has 0 aliphatic rings. The first-order valence-electron chi connectivity index (χ1n) is 6.28. The van der Waals surface area contributed by atoms with Gasteiger partial charge in [-0.05, 0) is 35.9 Å². The Morgan fingerprint density at radius 3 is 2.13 bits per heavy atom. The van der Waals surface area contributed by atoms with E-state index >= 15 is 0 Å². The molecule has 8 heteroatoms. The number of phenols is 1. The first-order chi connectivity index (χ1) is 10.3. The first-order valence-corrected chi connectivity index (χ1v) is 6.28. The fraction of sp³-hybridized carbons (Fsp3) is 0.200. The number of aromatic hydroxyl groups is 1. The zero-order valence-electron chi connectivity index (χ0n) is 12.0. The lowest BCUT2D eigenvalue weighted by molar-refractivity contribution is -0.274. The number of hydrogen-bond acceptors (Lipinski definition) is 4. The molecule has 0 unspecified atom stereocenters. The molecule has 0 heterocycles. The third kappa shape index (κ3) is 4.94. The molecule has 2 aromatic rings. The van der Waals surface area contributed by atoms with E-state index in [0.29, 0.717) is 16.9 Å². The van der Waals surface area contributed by atoms with Gasteiger partial charge in [-0.15, -0.1) is 25.6 Å². The van der Waals surface area contributed by atoms with E-state index in [1.807, 2.05) is 0 Å². The van der Waals surface area contributed by atoms with Crippen LogP contribution in [-0.2, 0) is 0 Å². The van der Waals surface area contributed by atoms with Crippen LogP contribution in [0.25, 0.3) is 0 Å². The quantitative estimate of drug-likeness (QED) is 0.882. The number of phenolic OH excluding ortho intramolecular Hbond substituents is 1. The van der Waals surface area contributed by atoms with Gasteiger partial charge in [0.05, 0.1) is 13.2 Å². The molecule has 0 aliphatic heterocycles. The van der Waals surface area contributed by atoms with E-state index in [0.717, 1.165) is 0 Å². The highest BCUT2D eigenvalue weighted by molar-refractivity contribution is 5.85. The Morgan fingerprint density at radius 2 is 1.61 bits per heavy atom. The minimum atomic E-state index is -4.74. The molecule has 23 heavy (non-hydrogen) atoms. The number of methoxy groups -OCH3 is 1. The van der Waals surface area contributed by atoms with Gasteiger partial charge < -0.3 is 20.3 Å². The number of halogens is 4. The standard InChI is InChI=1S/C15H14F3NO3.ClH/c1-21-11-6-7-13(20)12(8-11)14(19)9-2-4-10(5-3-9)22-15(16,17)18;/h2-8,14,20H,19H2,1H3;1H/t14-;/m1./s1. The second kappa shape index (κ2) is 7.43. The number of ether oxygens (including phenoxy) is 2. The molecule has 0 fully saturated rings. The van der Waals surface area contributed by atoms with Gasteiger partial charge in [-0.1, -0.05) is 12.1 Å². The van der Waals surface area contributed by atoms with Crippen LogP contribution < -0.4 is 15.2 Å². The van der Waals surface area contributed by atoms with Crippen LogP contribution >= 0.6 is 12.4 Å². The fourth-order valence-corrected chi connectivity index (χ4v) is 1.97. The second-order valence-corrected chi connectivity index (χ2v) is 4.52. The summed E-state index contributed by atoms with van der Waals surface area (Å²) in [6.07, 6.45) is -4.74. The molecule has 126 valence electrons.